The minimum atomic E-state index is 0.689. The molecule has 2 heteroatoms. The molecule has 0 aliphatic heterocycles. The van der Waals surface area contributed by atoms with Gasteiger partial charge in [0.2, 0.25) is 0 Å². The number of allylic oxidation sites excluding steroid dienone is 1. The fourth-order valence-electron chi connectivity index (χ4n) is 1.44. The van der Waals surface area contributed by atoms with Gasteiger partial charge in [-0.1, -0.05) is 26.8 Å². The Kier molecular flexibility index (Phi) is 10.6. The van der Waals surface area contributed by atoms with E-state index in [-0.39, 0.29) is 0 Å². The maximum Gasteiger partial charge on any atom is 0.0158 e. The average Bonchev–Trinajstić information content (AvgIpc) is 2.25. The van der Waals surface area contributed by atoms with Crippen LogP contribution in [0.25, 0.3) is 0 Å². The number of rotatable bonds is 10. The summed E-state index contributed by atoms with van der Waals surface area (Å²) in [5, 5.41) is 4.36. The van der Waals surface area contributed by atoms with Crippen molar-refractivity contribution in [2.45, 2.75) is 57.7 Å². The summed E-state index contributed by atoms with van der Waals surface area (Å²) in [5.74, 6) is 1.25. The van der Waals surface area contributed by atoms with Gasteiger partial charge in [0.05, 0.1) is 0 Å². The van der Waals surface area contributed by atoms with Crippen molar-refractivity contribution in [2.75, 3.05) is 12.3 Å². The smallest absolute Gasteiger partial charge is 0.0158 e. The highest BCUT2D eigenvalue weighted by molar-refractivity contribution is 7.99. The van der Waals surface area contributed by atoms with Crippen LogP contribution in [0.1, 0.15) is 46.5 Å². The number of nitrogens with one attached hydrogen (secondary N) is 1. The molecule has 0 saturated carbocycles. The lowest BCUT2D eigenvalue weighted by atomic mass is 10.1. The number of thioether (sulfide) groups is 1. The molecule has 0 radical (unpaired) electrons. The first-order valence-electron chi connectivity index (χ1n) is 6.20. The highest BCUT2D eigenvalue weighted by atomic mass is 32.2. The largest absolute Gasteiger partial charge is 0.313 e. The lowest BCUT2D eigenvalue weighted by Crippen LogP contribution is -2.31. The quantitative estimate of drug-likeness (QED) is 0.451. The predicted octanol–water partition coefficient (Wildman–Crippen LogP) is 3.85. The molecule has 0 fully saturated rings. The highest BCUT2D eigenvalue weighted by Gasteiger charge is 2.08. The molecule has 0 amide bonds. The first-order chi connectivity index (χ1) is 7.24. The number of hydrogen-bond acceptors (Lipinski definition) is 2. The summed E-state index contributed by atoms with van der Waals surface area (Å²) in [6.45, 7) is 11.6. The van der Waals surface area contributed by atoms with E-state index in [1.165, 1.54) is 25.0 Å². The van der Waals surface area contributed by atoms with Crippen LogP contribution in [0.5, 0.6) is 0 Å². The van der Waals surface area contributed by atoms with Crippen LogP contribution < -0.4 is 5.32 Å². The van der Waals surface area contributed by atoms with Gasteiger partial charge in [0.1, 0.15) is 0 Å². The normalized spacial score (nSPS) is 14.9. The van der Waals surface area contributed by atoms with E-state index in [1.54, 1.807) is 0 Å². The molecule has 0 heterocycles. The minimum absolute atomic E-state index is 0.689. The molecule has 0 aliphatic carbocycles. The Balaban J connectivity index is 3.66. The molecule has 2 unspecified atom stereocenters. The SMILES string of the molecule is C=CCCCC(CSC(C)CC)NCC. The summed E-state index contributed by atoms with van der Waals surface area (Å²) in [4.78, 5) is 0. The summed E-state index contributed by atoms with van der Waals surface area (Å²) in [6.07, 6.45) is 6.99. The molecule has 0 aromatic rings. The summed E-state index contributed by atoms with van der Waals surface area (Å²) < 4.78 is 0. The van der Waals surface area contributed by atoms with Crippen LogP contribution >= 0.6 is 11.8 Å². The summed E-state index contributed by atoms with van der Waals surface area (Å²) in [7, 11) is 0. The fraction of sp³-hybridized carbons (Fsp3) is 0.846. The Bertz CT molecular complexity index is 147. The van der Waals surface area contributed by atoms with Crippen LogP contribution in [0, 0.1) is 0 Å². The van der Waals surface area contributed by atoms with Crippen molar-refractivity contribution in [2.24, 2.45) is 0 Å². The second kappa shape index (κ2) is 10.6. The molecule has 0 aliphatic rings. The zero-order chi connectivity index (χ0) is 11.5. The summed E-state index contributed by atoms with van der Waals surface area (Å²) in [5.41, 5.74) is 0. The molecule has 90 valence electrons. The zero-order valence-electron chi connectivity index (χ0n) is 10.6. The summed E-state index contributed by atoms with van der Waals surface area (Å²) in [6, 6.07) is 0.689. The van der Waals surface area contributed by atoms with Crippen LogP contribution in [0.4, 0.5) is 0 Å². The van der Waals surface area contributed by atoms with Crippen molar-refractivity contribution in [1.29, 1.82) is 0 Å². The van der Waals surface area contributed by atoms with E-state index < -0.39 is 0 Å². The standard InChI is InChI=1S/C13H27NS/c1-5-8-9-10-13(14-7-3)11-15-12(4)6-2/h5,12-14H,1,6-11H2,2-4H3. The minimum Gasteiger partial charge on any atom is -0.313 e. The van der Waals surface area contributed by atoms with E-state index >= 15 is 0 Å². The Morgan fingerprint density at radius 1 is 1.40 bits per heavy atom. The van der Waals surface area contributed by atoms with E-state index in [1.807, 2.05) is 6.08 Å². The zero-order valence-corrected chi connectivity index (χ0v) is 11.4. The van der Waals surface area contributed by atoms with Gasteiger partial charge in [0.25, 0.3) is 0 Å². The van der Waals surface area contributed by atoms with Gasteiger partial charge in [-0.2, -0.15) is 11.8 Å². The number of hydrogen-bond donors (Lipinski definition) is 1. The van der Waals surface area contributed by atoms with E-state index in [0.29, 0.717) is 6.04 Å². The second-order valence-corrected chi connectivity index (χ2v) is 5.50. The third-order valence-corrected chi connectivity index (χ3v) is 4.11. The van der Waals surface area contributed by atoms with Gasteiger partial charge >= 0.3 is 0 Å². The molecule has 0 saturated heterocycles. The second-order valence-electron chi connectivity index (χ2n) is 4.03. The Hall–Kier alpha value is 0.0500. The maximum atomic E-state index is 3.77. The lowest BCUT2D eigenvalue weighted by molar-refractivity contribution is 0.521. The van der Waals surface area contributed by atoms with Crippen LogP contribution in [0.15, 0.2) is 12.7 Å². The molecular weight excluding hydrogens is 202 g/mol. The van der Waals surface area contributed by atoms with E-state index in [9.17, 15) is 0 Å². The van der Waals surface area contributed by atoms with Gasteiger partial charge in [-0.25, -0.2) is 0 Å². The maximum absolute atomic E-state index is 3.77. The third kappa shape index (κ3) is 9.01. The molecule has 0 aromatic heterocycles. The molecule has 1 nitrogen and oxygen atoms in total. The topological polar surface area (TPSA) is 12.0 Å². The Morgan fingerprint density at radius 2 is 2.13 bits per heavy atom. The van der Waals surface area contributed by atoms with Crippen molar-refractivity contribution in [3.63, 3.8) is 0 Å². The first kappa shape index (κ1) is 15.0. The van der Waals surface area contributed by atoms with Crippen LogP contribution in [-0.4, -0.2) is 23.6 Å². The van der Waals surface area contributed by atoms with Crippen LogP contribution in [-0.2, 0) is 0 Å². The van der Waals surface area contributed by atoms with Gasteiger partial charge in [-0.3, -0.25) is 0 Å². The molecule has 15 heavy (non-hydrogen) atoms. The Morgan fingerprint density at radius 3 is 2.67 bits per heavy atom. The van der Waals surface area contributed by atoms with E-state index in [4.69, 9.17) is 0 Å². The van der Waals surface area contributed by atoms with Crippen molar-refractivity contribution >= 4 is 11.8 Å². The molecule has 0 bridgehead atoms. The van der Waals surface area contributed by atoms with Crippen LogP contribution in [0.2, 0.25) is 0 Å². The van der Waals surface area contributed by atoms with Crippen molar-refractivity contribution in [3.05, 3.63) is 12.7 Å². The van der Waals surface area contributed by atoms with Crippen LogP contribution in [0.3, 0.4) is 0 Å². The van der Waals surface area contributed by atoms with Gasteiger partial charge in [-0.05, 0) is 32.2 Å². The highest BCUT2D eigenvalue weighted by Crippen LogP contribution is 2.16. The monoisotopic (exact) mass is 229 g/mol. The van der Waals surface area contributed by atoms with Gasteiger partial charge in [0, 0.05) is 17.0 Å². The van der Waals surface area contributed by atoms with Crippen molar-refractivity contribution in [3.8, 4) is 0 Å². The molecular formula is C13H27NS. The van der Waals surface area contributed by atoms with E-state index in [2.05, 4.69) is 44.4 Å². The van der Waals surface area contributed by atoms with E-state index in [0.717, 1.165) is 18.2 Å². The predicted molar refractivity (Wildman–Crippen MR) is 73.7 cm³/mol. The number of unbranched alkanes of at least 4 members (excludes halogenated alkanes) is 1. The molecule has 2 atom stereocenters. The Labute approximate surface area is 100 Å². The van der Waals surface area contributed by atoms with Gasteiger partial charge < -0.3 is 5.32 Å². The van der Waals surface area contributed by atoms with Crippen molar-refractivity contribution in [1.82, 2.24) is 5.32 Å². The van der Waals surface area contributed by atoms with Gasteiger partial charge in [0.15, 0.2) is 0 Å². The molecule has 1 N–H and O–H groups in total. The average molecular weight is 229 g/mol. The fourth-order valence-corrected chi connectivity index (χ4v) is 2.52. The first-order valence-corrected chi connectivity index (χ1v) is 7.25. The lowest BCUT2D eigenvalue weighted by Gasteiger charge is -2.19. The molecule has 0 aromatic carbocycles. The third-order valence-electron chi connectivity index (χ3n) is 2.61. The summed E-state index contributed by atoms with van der Waals surface area (Å²) >= 11 is 2.09. The molecule has 0 spiro atoms. The van der Waals surface area contributed by atoms with Gasteiger partial charge in [-0.15, -0.1) is 6.58 Å². The molecule has 0 rings (SSSR count). The van der Waals surface area contributed by atoms with Crippen molar-refractivity contribution < 1.29 is 0 Å².